The molecule has 1 N–H and O–H groups in total. The molecule has 0 saturated heterocycles. The van der Waals surface area contributed by atoms with E-state index in [-0.39, 0.29) is 0 Å². The Morgan fingerprint density at radius 3 is 3.17 bits per heavy atom. The highest BCUT2D eigenvalue weighted by molar-refractivity contribution is 5.77. The molecular formula is C9H11N3. The van der Waals surface area contributed by atoms with E-state index >= 15 is 0 Å². The third-order valence-electron chi connectivity index (χ3n) is 1.92. The molecule has 0 fully saturated rings. The van der Waals surface area contributed by atoms with E-state index < -0.39 is 0 Å². The first kappa shape index (κ1) is 7.28. The molecule has 0 saturated carbocycles. The van der Waals surface area contributed by atoms with Crippen LogP contribution in [0.4, 0.5) is 0 Å². The van der Waals surface area contributed by atoms with Crippen molar-refractivity contribution in [2.24, 2.45) is 0 Å². The van der Waals surface area contributed by atoms with Gasteiger partial charge in [0, 0.05) is 11.6 Å². The molecule has 62 valence electrons. The molecule has 0 unspecified atom stereocenters. The lowest BCUT2D eigenvalue weighted by Crippen LogP contribution is -1.90. The number of H-pyrrole nitrogens is 1. The van der Waals surface area contributed by atoms with Gasteiger partial charge in [-0.1, -0.05) is 13.3 Å². The van der Waals surface area contributed by atoms with Gasteiger partial charge in [0.2, 0.25) is 0 Å². The Labute approximate surface area is 70.9 Å². The minimum atomic E-state index is 0.938. The molecule has 2 aromatic rings. The standard InChI is InChI=1S/C9H11N3/c1-2-3-8-7-4-5-10-9(7)12-6-11-8/h4-6H,2-3H2,1H3,(H,10,11,12). The van der Waals surface area contributed by atoms with E-state index in [2.05, 4.69) is 21.9 Å². The molecule has 0 aliphatic carbocycles. The molecular weight excluding hydrogens is 150 g/mol. The van der Waals surface area contributed by atoms with Crippen molar-refractivity contribution in [1.82, 2.24) is 15.0 Å². The zero-order chi connectivity index (χ0) is 8.39. The quantitative estimate of drug-likeness (QED) is 0.731. The van der Waals surface area contributed by atoms with Gasteiger partial charge in [-0.3, -0.25) is 0 Å². The van der Waals surface area contributed by atoms with Crippen LogP contribution in [0, 0.1) is 0 Å². The van der Waals surface area contributed by atoms with E-state index in [1.165, 1.54) is 0 Å². The third kappa shape index (κ3) is 1.07. The first-order valence-corrected chi connectivity index (χ1v) is 4.18. The maximum absolute atomic E-state index is 4.24. The number of fused-ring (bicyclic) bond motifs is 1. The molecule has 2 heterocycles. The average Bonchev–Trinajstić information content (AvgIpc) is 2.53. The average molecular weight is 161 g/mol. The van der Waals surface area contributed by atoms with E-state index in [1.807, 2.05) is 12.3 Å². The van der Waals surface area contributed by atoms with E-state index in [4.69, 9.17) is 0 Å². The third-order valence-corrected chi connectivity index (χ3v) is 1.92. The highest BCUT2D eigenvalue weighted by Gasteiger charge is 2.01. The number of aromatic amines is 1. The van der Waals surface area contributed by atoms with Gasteiger partial charge in [-0.05, 0) is 12.5 Å². The number of aryl methyl sites for hydroxylation is 1. The molecule has 3 nitrogen and oxygen atoms in total. The fraction of sp³-hybridized carbons (Fsp3) is 0.333. The number of hydrogen-bond donors (Lipinski definition) is 1. The minimum absolute atomic E-state index is 0.938. The summed E-state index contributed by atoms with van der Waals surface area (Å²) in [5.74, 6) is 0. The van der Waals surface area contributed by atoms with Crippen LogP contribution in [0.3, 0.4) is 0 Å². The molecule has 0 amide bonds. The van der Waals surface area contributed by atoms with Gasteiger partial charge in [-0.25, -0.2) is 9.97 Å². The van der Waals surface area contributed by atoms with Crippen LogP contribution in [-0.2, 0) is 6.42 Å². The fourth-order valence-electron chi connectivity index (χ4n) is 1.36. The van der Waals surface area contributed by atoms with Crippen LogP contribution < -0.4 is 0 Å². The summed E-state index contributed by atoms with van der Waals surface area (Å²) in [6.07, 6.45) is 5.66. The van der Waals surface area contributed by atoms with E-state index in [0.717, 1.165) is 29.6 Å². The summed E-state index contributed by atoms with van der Waals surface area (Å²) in [6.45, 7) is 2.15. The Kier molecular flexibility index (Phi) is 1.78. The highest BCUT2D eigenvalue weighted by atomic mass is 14.9. The maximum atomic E-state index is 4.24. The Bertz CT molecular complexity index is 378. The lowest BCUT2D eigenvalue weighted by molar-refractivity contribution is 0.886. The molecule has 0 bridgehead atoms. The van der Waals surface area contributed by atoms with E-state index in [1.54, 1.807) is 6.33 Å². The SMILES string of the molecule is CCCc1ncnc2[nH]ccc12. The second-order valence-corrected chi connectivity index (χ2v) is 2.81. The Balaban J connectivity index is 2.57. The zero-order valence-corrected chi connectivity index (χ0v) is 7.04. The van der Waals surface area contributed by atoms with Crippen molar-refractivity contribution in [2.75, 3.05) is 0 Å². The Morgan fingerprint density at radius 2 is 2.33 bits per heavy atom. The highest BCUT2D eigenvalue weighted by Crippen LogP contribution is 2.13. The van der Waals surface area contributed by atoms with Crippen LogP contribution in [0.5, 0.6) is 0 Å². The van der Waals surface area contributed by atoms with Gasteiger partial charge in [0.15, 0.2) is 0 Å². The molecule has 0 aliphatic rings. The molecule has 0 aromatic carbocycles. The molecule has 0 spiro atoms. The molecule has 12 heavy (non-hydrogen) atoms. The predicted molar refractivity (Wildman–Crippen MR) is 47.9 cm³/mol. The molecule has 0 atom stereocenters. The summed E-state index contributed by atoms with van der Waals surface area (Å²) in [6, 6.07) is 2.03. The van der Waals surface area contributed by atoms with Crippen molar-refractivity contribution in [3.8, 4) is 0 Å². The predicted octanol–water partition coefficient (Wildman–Crippen LogP) is 1.91. The Hall–Kier alpha value is -1.38. The van der Waals surface area contributed by atoms with Gasteiger partial charge in [-0.2, -0.15) is 0 Å². The van der Waals surface area contributed by atoms with Gasteiger partial charge in [0.1, 0.15) is 12.0 Å². The van der Waals surface area contributed by atoms with E-state index in [9.17, 15) is 0 Å². The summed E-state index contributed by atoms with van der Waals surface area (Å²) in [5, 5.41) is 1.15. The number of rotatable bonds is 2. The number of nitrogens with zero attached hydrogens (tertiary/aromatic N) is 2. The van der Waals surface area contributed by atoms with Crippen LogP contribution in [-0.4, -0.2) is 15.0 Å². The fourth-order valence-corrected chi connectivity index (χ4v) is 1.36. The molecule has 0 aliphatic heterocycles. The van der Waals surface area contributed by atoms with Crippen LogP contribution in [0.1, 0.15) is 19.0 Å². The lowest BCUT2D eigenvalue weighted by Gasteiger charge is -1.97. The van der Waals surface area contributed by atoms with Gasteiger partial charge in [0.05, 0.1) is 5.69 Å². The van der Waals surface area contributed by atoms with Crippen LogP contribution in [0.15, 0.2) is 18.6 Å². The summed E-state index contributed by atoms with van der Waals surface area (Å²) < 4.78 is 0. The van der Waals surface area contributed by atoms with Gasteiger partial charge in [-0.15, -0.1) is 0 Å². The first-order valence-electron chi connectivity index (χ1n) is 4.18. The second kappa shape index (κ2) is 2.93. The summed E-state index contributed by atoms with van der Waals surface area (Å²) in [7, 11) is 0. The lowest BCUT2D eigenvalue weighted by atomic mass is 10.2. The summed E-state index contributed by atoms with van der Waals surface area (Å²) in [4.78, 5) is 11.4. The number of hydrogen-bond acceptors (Lipinski definition) is 2. The monoisotopic (exact) mass is 161 g/mol. The van der Waals surface area contributed by atoms with Gasteiger partial charge in [0.25, 0.3) is 0 Å². The molecule has 0 radical (unpaired) electrons. The van der Waals surface area contributed by atoms with E-state index in [0.29, 0.717) is 0 Å². The van der Waals surface area contributed by atoms with Gasteiger partial charge >= 0.3 is 0 Å². The van der Waals surface area contributed by atoms with Crippen LogP contribution >= 0.6 is 0 Å². The maximum Gasteiger partial charge on any atom is 0.140 e. The van der Waals surface area contributed by atoms with Crippen molar-refractivity contribution in [3.05, 3.63) is 24.3 Å². The summed E-state index contributed by atoms with van der Waals surface area (Å²) in [5.41, 5.74) is 2.08. The molecule has 2 rings (SSSR count). The number of aromatic nitrogens is 3. The zero-order valence-electron chi connectivity index (χ0n) is 7.04. The smallest absolute Gasteiger partial charge is 0.140 e. The summed E-state index contributed by atoms with van der Waals surface area (Å²) >= 11 is 0. The first-order chi connectivity index (χ1) is 5.92. The number of nitrogens with one attached hydrogen (secondary N) is 1. The van der Waals surface area contributed by atoms with Crippen molar-refractivity contribution in [2.45, 2.75) is 19.8 Å². The Morgan fingerprint density at radius 1 is 1.42 bits per heavy atom. The van der Waals surface area contributed by atoms with Crippen molar-refractivity contribution in [3.63, 3.8) is 0 Å². The van der Waals surface area contributed by atoms with Gasteiger partial charge < -0.3 is 4.98 Å². The molecule has 3 heteroatoms. The largest absolute Gasteiger partial charge is 0.346 e. The van der Waals surface area contributed by atoms with Crippen molar-refractivity contribution >= 4 is 11.0 Å². The molecule has 2 aromatic heterocycles. The topological polar surface area (TPSA) is 41.6 Å². The normalized spacial score (nSPS) is 10.8. The second-order valence-electron chi connectivity index (χ2n) is 2.81. The van der Waals surface area contributed by atoms with Crippen molar-refractivity contribution in [1.29, 1.82) is 0 Å². The van der Waals surface area contributed by atoms with Crippen LogP contribution in [0.2, 0.25) is 0 Å². The minimum Gasteiger partial charge on any atom is -0.346 e. The van der Waals surface area contributed by atoms with Crippen molar-refractivity contribution < 1.29 is 0 Å². The van der Waals surface area contributed by atoms with Crippen LogP contribution in [0.25, 0.3) is 11.0 Å².